The molecule has 7 heteroatoms. The molecule has 4 N–H and O–H groups in total. The van der Waals surface area contributed by atoms with Crippen molar-refractivity contribution in [3.05, 3.63) is 58.0 Å². The average Bonchev–Trinajstić information content (AvgIpc) is 3.44. The van der Waals surface area contributed by atoms with Crippen molar-refractivity contribution in [2.24, 2.45) is 11.7 Å². The van der Waals surface area contributed by atoms with E-state index in [4.69, 9.17) is 10.6 Å². The van der Waals surface area contributed by atoms with E-state index in [-0.39, 0.29) is 11.8 Å². The molecule has 0 atom stereocenters. The van der Waals surface area contributed by atoms with E-state index in [0.717, 1.165) is 41.0 Å². The lowest BCUT2D eigenvalue weighted by Crippen LogP contribution is -2.20. The number of allylic oxidation sites excluding steroid dienone is 1. The molecule has 0 spiro atoms. The molecular weight excluding hydrogens is 362 g/mol. The summed E-state index contributed by atoms with van der Waals surface area (Å²) in [6.07, 6.45) is 5.34. The maximum absolute atomic E-state index is 12.2. The first-order valence-corrected chi connectivity index (χ1v) is 9.83. The summed E-state index contributed by atoms with van der Waals surface area (Å²) >= 11 is 1.37. The van der Waals surface area contributed by atoms with Crippen LogP contribution in [0.5, 0.6) is 0 Å². The zero-order valence-corrected chi connectivity index (χ0v) is 15.6. The van der Waals surface area contributed by atoms with E-state index in [0.29, 0.717) is 23.6 Å². The first kappa shape index (κ1) is 17.8. The fraction of sp³-hybridized carbons (Fsp3) is 0.300. The van der Waals surface area contributed by atoms with Gasteiger partial charge in [0.15, 0.2) is 0 Å². The fourth-order valence-electron chi connectivity index (χ4n) is 3.14. The number of hydrogen-bond donors (Lipinski definition) is 3. The van der Waals surface area contributed by atoms with Gasteiger partial charge < -0.3 is 11.1 Å². The van der Waals surface area contributed by atoms with Crippen molar-refractivity contribution in [1.29, 1.82) is 0 Å². The van der Waals surface area contributed by atoms with Gasteiger partial charge in [0, 0.05) is 5.92 Å². The summed E-state index contributed by atoms with van der Waals surface area (Å²) < 4.78 is 0. The highest BCUT2D eigenvalue weighted by molar-refractivity contribution is 7.18. The smallest absolute Gasteiger partial charge is 0.252 e. The predicted octanol–water partition coefficient (Wildman–Crippen LogP) is 3.20. The number of rotatable bonds is 7. The molecular formula is C20H21N3O3S. The predicted molar refractivity (Wildman–Crippen MR) is 105 cm³/mol. The number of hydrogen-bond acceptors (Lipinski definition) is 5. The number of nitrogens with one attached hydrogen (secondary N) is 2. The minimum absolute atomic E-state index is 0.0325. The lowest BCUT2D eigenvalue weighted by atomic mass is 9.98. The lowest BCUT2D eigenvalue weighted by molar-refractivity contribution is -0.117. The SMILES string of the molecule is NC(=O)c1c(NC(=O)C2CC2)sc2c1CCC=C2NOCc1ccccc1. The van der Waals surface area contributed by atoms with Crippen molar-refractivity contribution >= 4 is 33.8 Å². The molecule has 2 aromatic rings. The molecule has 1 aromatic heterocycles. The van der Waals surface area contributed by atoms with Crippen LogP contribution in [-0.2, 0) is 22.7 Å². The van der Waals surface area contributed by atoms with Crippen LogP contribution in [0, 0.1) is 5.92 Å². The molecule has 1 aromatic carbocycles. The van der Waals surface area contributed by atoms with Crippen LogP contribution in [0.4, 0.5) is 5.00 Å². The van der Waals surface area contributed by atoms with Crippen LogP contribution in [0.1, 0.15) is 45.6 Å². The first-order valence-electron chi connectivity index (χ1n) is 9.02. The van der Waals surface area contributed by atoms with Crippen LogP contribution < -0.4 is 16.5 Å². The molecule has 1 fully saturated rings. The normalized spacial score (nSPS) is 15.6. The molecule has 0 unspecified atom stereocenters. The van der Waals surface area contributed by atoms with Crippen molar-refractivity contribution in [2.45, 2.75) is 32.3 Å². The molecule has 1 heterocycles. The molecule has 2 amide bonds. The molecule has 2 aliphatic carbocycles. The number of benzene rings is 1. The Kier molecular flexibility index (Phi) is 4.96. The van der Waals surface area contributed by atoms with Gasteiger partial charge in [0.25, 0.3) is 5.91 Å². The Bertz CT molecular complexity index is 901. The molecule has 2 aliphatic rings. The second kappa shape index (κ2) is 7.54. The molecule has 1 saturated carbocycles. The van der Waals surface area contributed by atoms with Gasteiger partial charge in [-0.3, -0.25) is 19.9 Å². The summed E-state index contributed by atoms with van der Waals surface area (Å²) in [6.45, 7) is 0.423. The van der Waals surface area contributed by atoms with Crippen LogP contribution in [0.25, 0.3) is 5.70 Å². The number of primary amides is 1. The molecule has 6 nitrogen and oxygen atoms in total. The second-order valence-electron chi connectivity index (χ2n) is 6.77. The summed E-state index contributed by atoms with van der Waals surface area (Å²) in [5.74, 6) is -0.479. The lowest BCUT2D eigenvalue weighted by Gasteiger charge is -2.16. The Labute approximate surface area is 161 Å². The number of hydroxylamine groups is 1. The van der Waals surface area contributed by atoms with Crippen LogP contribution in [0.2, 0.25) is 0 Å². The van der Waals surface area contributed by atoms with Gasteiger partial charge in [0.1, 0.15) is 5.00 Å². The number of carbonyl (C=O) groups excluding carboxylic acids is 2. The summed E-state index contributed by atoms with van der Waals surface area (Å²) in [5.41, 5.74) is 11.8. The topological polar surface area (TPSA) is 93.5 Å². The van der Waals surface area contributed by atoms with Crippen LogP contribution in [-0.4, -0.2) is 11.8 Å². The van der Waals surface area contributed by atoms with Gasteiger partial charge in [-0.05, 0) is 36.8 Å². The van der Waals surface area contributed by atoms with Gasteiger partial charge in [-0.25, -0.2) is 0 Å². The molecule has 4 rings (SSSR count). The van der Waals surface area contributed by atoms with E-state index >= 15 is 0 Å². The van der Waals surface area contributed by atoms with E-state index in [1.54, 1.807) is 0 Å². The van der Waals surface area contributed by atoms with E-state index in [1.165, 1.54) is 11.3 Å². The Hall–Kier alpha value is -2.64. The average molecular weight is 383 g/mol. The molecule has 140 valence electrons. The number of thiophene rings is 1. The Morgan fingerprint density at radius 1 is 1.22 bits per heavy atom. The zero-order valence-electron chi connectivity index (χ0n) is 14.8. The number of amides is 2. The van der Waals surface area contributed by atoms with E-state index in [2.05, 4.69) is 10.8 Å². The first-order chi connectivity index (χ1) is 13.1. The summed E-state index contributed by atoms with van der Waals surface area (Å²) in [4.78, 5) is 30.7. The van der Waals surface area contributed by atoms with Gasteiger partial charge in [-0.2, -0.15) is 0 Å². The number of carbonyl (C=O) groups is 2. The highest BCUT2D eigenvalue weighted by Gasteiger charge is 2.32. The molecule has 0 aliphatic heterocycles. The second-order valence-corrected chi connectivity index (χ2v) is 7.80. The maximum Gasteiger partial charge on any atom is 0.252 e. The van der Waals surface area contributed by atoms with Gasteiger partial charge in [-0.1, -0.05) is 36.4 Å². The highest BCUT2D eigenvalue weighted by atomic mass is 32.1. The zero-order chi connectivity index (χ0) is 18.8. The third kappa shape index (κ3) is 3.89. The Morgan fingerprint density at radius 3 is 2.70 bits per heavy atom. The van der Waals surface area contributed by atoms with Crippen LogP contribution >= 0.6 is 11.3 Å². The Morgan fingerprint density at radius 2 is 2.00 bits per heavy atom. The van der Waals surface area contributed by atoms with Crippen molar-refractivity contribution in [3.8, 4) is 0 Å². The quantitative estimate of drug-likeness (QED) is 0.640. The number of fused-ring (bicyclic) bond motifs is 1. The minimum Gasteiger partial charge on any atom is -0.365 e. The van der Waals surface area contributed by atoms with Crippen molar-refractivity contribution in [3.63, 3.8) is 0 Å². The molecule has 0 bridgehead atoms. The standard InChI is InChI=1S/C20H21N3O3S/c21-18(24)16-14-7-4-8-15(23-26-11-12-5-2-1-3-6-12)17(14)27-20(16)22-19(25)13-9-10-13/h1-3,5-6,8,13,23H,4,7,9-11H2,(H2,21,24)(H,22,25). The fourth-order valence-corrected chi connectivity index (χ4v) is 4.39. The maximum atomic E-state index is 12.2. The van der Waals surface area contributed by atoms with E-state index < -0.39 is 5.91 Å². The highest BCUT2D eigenvalue weighted by Crippen LogP contribution is 2.41. The molecule has 0 radical (unpaired) electrons. The summed E-state index contributed by atoms with van der Waals surface area (Å²) in [5, 5.41) is 3.44. The van der Waals surface area contributed by atoms with Crippen LogP contribution in [0.15, 0.2) is 36.4 Å². The van der Waals surface area contributed by atoms with Crippen LogP contribution in [0.3, 0.4) is 0 Å². The minimum atomic E-state index is -0.509. The largest absolute Gasteiger partial charge is 0.365 e. The number of anilines is 1. The molecule has 27 heavy (non-hydrogen) atoms. The van der Waals surface area contributed by atoms with E-state index in [9.17, 15) is 9.59 Å². The van der Waals surface area contributed by atoms with Crippen molar-refractivity contribution in [1.82, 2.24) is 5.48 Å². The Balaban J connectivity index is 1.52. The molecule has 0 saturated heterocycles. The van der Waals surface area contributed by atoms with Crippen molar-refractivity contribution < 1.29 is 14.4 Å². The monoisotopic (exact) mass is 383 g/mol. The third-order valence-electron chi connectivity index (χ3n) is 4.69. The van der Waals surface area contributed by atoms with Gasteiger partial charge in [0.05, 0.1) is 22.7 Å². The summed E-state index contributed by atoms with van der Waals surface area (Å²) in [6, 6.07) is 9.86. The third-order valence-corrected chi connectivity index (χ3v) is 5.87. The van der Waals surface area contributed by atoms with Gasteiger partial charge in [-0.15, -0.1) is 11.3 Å². The van der Waals surface area contributed by atoms with Gasteiger partial charge in [0.2, 0.25) is 5.91 Å². The summed E-state index contributed by atoms with van der Waals surface area (Å²) in [7, 11) is 0. The number of nitrogens with two attached hydrogens (primary N) is 1. The van der Waals surface area contributed by atoms with E-state index in [1.807, 2.05) is 36.4 Å². The van der Waals surface area contributed by atoms with Gasteiger partial charge >= 0.3 is 0 Å². The van der Waals surface area contributed by atoms with Crippen molar-refractivity contribution in [2.75, 3.05) is 5.32 Å².